The zero-order chi connectivity index (χ0) is 14.9. The number of pyridine rings is 1. The van der Waals surface area contributed by atoms with Crippen molar-refractivity contribution in [2.24, 2.45) is 5.92 Å². The molecule has 2 unspecified atom stereocenters. The molecule has 0 aromatic carbocycles. The number of aromatic nitrogens is 1. The number of rotatable bonds is 3. The summed E-state index contributed by atoms with van der Waals surface area (Å²) in [5.74, 6) is 1.44. The number of piperidine rings is 1. The van der Waals surface area contributed by atoms with E-state index in [1.807, 2.05) is 18.2 Å². The van der Waals surface area contributed by atoms with Gasteiger partial charge < -0.3 is 9.64 Å². The van der Waals surface area contributed by atoms with Gasteiger partial charge in [-0.3, -0.25) is 4.79 Å². The van der Waals surface area contributed by atoms with E-state index in [2.05, 4.69) is 9.88 Å². The van der Waals surface area contributed by atoms with Crippen LogP contribution in [0.2, 0.25) is 0 Å². The number of fused-ring (bicyclic) bond motifs is 2. The zero-order valence-electron chi connectivity index (χ0n) is 13.0. The Hall–Kier alpha value is -1.58. The molecule has 0 radical (unpaired) electrons. The Balaban J connectivity index is 1.42. The summed E-state index contributed by atoms with van der Waals surface area (Å²) in [6, 6.07) is 6.55. The average Bonchev–Trinajstić information content (AvgIpc) is 3.15. The van der Waals surface area contributed by atoms with E-state index in [0.29, 0.717) is 29.8 Å². The van der Waals surface area contributed by atoms with Gasteiger partial charge in [-0.05, 0) is 31.7 Å². The second-order valence-electron chi connectivity index (χ2n) is 6.99. The van der Waals surface area contributed by atoms with Crippen LogP contribution in [-0.2, 0) is 4.79 Å². The molecule has 3 heterocycles. The van der Waals surface area contributed by atoms with Crippen molar-refractivity contribution in [2.45, 2.75) is 69.6 Å². The zero-order valence-corrected chi connectivity index (χ0v) is 13.0. The number of carbonyl (C=O) groups excluding carboxylic acids is 1. The predicted molar refractivity (Wildman–Crippen MR) is 83.5 cm³/mol. The minimum atomic E-state index is 0.208. The highest BCUT2D eigenvalue weighted by molar-refractivity contribution is 5.80. The minimum Gasteiger partial charge on any atom is -0.474 e. The lowest BCUT2D eigenvalue weighted by Crippen LogP contribution is -2.51. The van der Waals surface area contributed by atoms with Crippen LogP contribution in [0, 0.1) is 5.92 Å². The summed E-state index contributed by atoms with van der Waals surface area (Å²) in [6.45, 7) is 0. The van der Waals surface area contributed by atoms with Crippen molar-refractivity contribution >= 4 is 5.91 Å². The first-order valence-corrected chi connectivity index (χ1v) is 8.71. The molecule has 2 bridgehead atoms. The fourth-order valence-corrected chi connectivity index (χ4v) is 4.55. The van der Waals surface area contributed by atoms with Crippen molar-refractivity contribution in [3.05, 3.63) is 24.4 Å². The van der Waals surface area contributed by atoms with Gasteiger partial charge in [-0.25, -0.2) is 4.98 Å². The molecule has 4 rings (SSSR count). The van der Waals surface area contributed by atoms with E-state index >= 15 is 0 Å². The molecule has 1 aromatic rings. The summed E-state index contributed by atoms with van der Waals surface area (Å²) in [5, 5.41) is 0. The summed E-state index contributed by atoms with van der Waals surface area (Å²) in [4.78, 5) is 19.3. The van der Waals surface area contributed by atoms with E-state index in [1.165, 1.54) is 12.8 Å². The molecule has 1 aromatic heterocycles. The third-order valence-electron chi connectivity index (χ3n) is 5.57. The number of hydrogen-bond acceptors (Lipinski definition) is 3. The fourth-order valence-electron chi connectivity index (χ4n) is 4.55. The smallest absolute Gasteiger partial charge is 0.226 e. The van der Waals surface area contributed by atoms with Crippen molar-refractivity contribution in [1.29, 1.82) is 0 Å². The van der Waals surface area contributed by atoms with Gasteiger partial charge in [0.05, 0.1) is 0 Å². The van der Waals surface area contributed by atoms with Crippen molar-refractivity contribution < 1.29 is 9.53 Å². The molecular weight excluding hydrogens is 276 g/mol. The van der Waals surface area contributed by atoms with Crippen molar-refractivity contribution in [3.8, 4) is 5.88 Å². The Morgan fingerprint density at radius 2 is 1.82 bits per heavy atom. The molecule has 1 saturated carbocycles. The number of amides is 1. The topological polar surface area (TPSA) is 42.4 Å². The monoisotopic (exact) mass is 300 g/mol. The minimum absolute atomic E-state index is 0.208. The van der Waals surface area contributed by atoms with Gasteiger partial charge in [0, 0.05) is 43.1 Å². The standard InChI is InChI=1S/C18H24N2O2/c21-18(13-5-1-2-6-13)20-14-8-9-15(20)12-16(11-14)22-17-7-3-4-10-19-17/h3-4,7,10,13-16H,1-2,5-6,8-9,11-12H2. The molecule has 0 N–H and O–H groups in total. The molecule has 0 spiro atoms. The molecule has 4 heteroatoms. The average molecular weight is 300 g/mol. The highest BCUT2D eigenvalue weighted by atomic mass is 16.5. The van der Waals surface area contributed by atoms with Gasteiger partial charge in [-0.2, -0.15) is 0 Å². The Kier molecular flexibility index (Phi) is 3.77. The molecule has 1 aliphatic carbocycles. The third-order valence-corrected chi connectivity index (χ3v) is 5.57. The second kappa shape index (κ2) is 5.90. The number of carbonyl (C=O) groups is 1. The van der Waals surface area contributed by atoms with Gasteiger partial charge in [-0.15, -0.1) is 0 Å². The summed E-state index contributed by atoms with van der Waals surface area (Å²) in [7, 11) is 0. The maximum absolute atomic E-state index is 12.8. The van der Waals surface area contributed by atoms with Crippen LogP contribution in [0.25, 0.3) is 0 Å². The van der Waals surface area contributed by atoms with Crippen LogP contribution in [0.4, 0.5) is 0 Å². The van der Waals surface area contributed by atoms with E-state index in [9.17, 15) is 4.79 Å². The van der Waals surface area contributed by atoms with Gasteiger partial charge in [0.1, 0.15) is 6.10 Å². The first-order valence-electron chi connectivity index (χ1n) is 8.71. The maximum atomic E-state index is 12.8. The highest BCUT2D eigenvalue weighted by Gasteiger charge is 2.45. The molecular formula is C18H24N2O2. The number of nitrogens with zero attached hydrogens (tertiary/aromatic N) is 2. The predicted octanol–water partition coefficient (Wildman–Crippen LogP) is 3.17. The Morgan fingerprint density at radius 1 is 1.09 bits per heavy atom. The van der Waals surface area contributed by atoms with E-state index in [4.69, 9.17) is 4.74 Å². The van der Waals surface area contributed by atoms with Crippen molar-refractivity contribution in [2.75, 3.05) is 0 Å². The largest absolute Gasteiger partial charge is 0.474 e. The van der Waals surface area contributed by atoms with Crippen LogP contribution >= 0.6 is 0 Å². The molecule has 4 nitrogen and oxygen atoms in total. The Bertz CT molecular complexity index is 513. The van der Waals surface area contributed by atoms with E-state index in [-0.39, 0.29) is 6.10 Å². The van der Waals surface area contributed by atoms with E-state index < -0.39 is 0 Å². The lowest BCUT2D eigenvalue weighted by molar-refractivity contribution is -0.141. The van der Waals surface area contributed by atoms with Crippen LogP contribution in [0.5, 0.6) is 5.88 Å². The fraction of sp³-hybridized carbons (Fsp3) is 0.667. The molecule has 2 saturated heterocycles. The molecule has 2 atom stereocenters. The molecule has 3 aliphatic rings. The van der Waals surface area contributed by atoms with Gasteiger partial charge in [0.2, 0.25) is 11.8 Å². The van der Waals surface area contributed by atoms with Crippen molar-refractivity contribution in [1.82, 2.24) is 9.88 Å². The lowest BCUT2D eigenvalue weighted by atomic mass is 9.96. The second-order valence-corrected chi connectivity index (χ2v) is 6.99. The summed E-state index contributed by atoms with van der Waals surface area (Å²) < 4.78 is 6.04. The van der Waals surface area contributed by atoms with E-state index in [0.717, 1.165) is 38.5 Å². The van der Waals surface area contributed by atoms with Gasteiger partial charge in [0.25, 0.3) is 0 Å². The molecule has 118 valence electrons. The first kappa shape index (κ1) is 14.0. The lowest BCUT2D eigenvalue weighted by Gasteiger charge is -2.40. The highest BCUT2D eigenvalue weighted by Crippen LogP contribution is 2.39. The number of hydrogen-bond donors (Lipinski definition) is 0. The summed E-state index contributed by atoms with van der Waals surface area (Å²) in [6.07, 6.45) is 10.8. The Morgan fingerprint density at radius 3 is 2.45 bits per heavy atom. The quantitative estimate of drug-likeness (QED) is 0.861. The molecule has 22 heavy (non-hydrogen) atoms. The van der Waals surface area contributed by atoms with Gasteiger partial charge in [0.15, 0.2) is 0 Å². The van der Waals surface area contributed by atoms with E-state index in [1.54, 1.807) is 6.20 Å². The van der Waals surface area contributed by atoms with Crippen LogP contribution in [0.3, 0.4) is 0 Å². The Labute approximate surface area is 131 Å². The van der Waals surface area contributed by atoms with Crippen LogP contribution in [0.1, 0.15) is 51.4 Å². The normalized spacial score (nSPS) is 31.5. The first-order chi connectivity index (χ1) is 10.8. The van der Waals surface area contributed by atoms with Crippen LogP contribution in [0.15, 0.2) is 24.4 Å². The van der Waals surface area contributed by atoms with Crippen LogP contribution in [-0.4, -0.2) is 34.0 Å². The molecule has 3 fully saturated rings. The number of ether oxygens (including phenoxy) is 1. The van der Waals surface area contributed by atoms with Gasteiger partial charge in [-0.1, -0.05) is 18.9 Å². The third kappa shape index (κ3) is 2.59. The SMILES string of the molecule is O=C(C1CCCC1)N1C2CCC1CC(Oc1ccccn1)C2. The summed E-state index contributed by atoms with van der Waals surface area (Å²) >= 11 is 0. The van der Waals surface area contributed by atoms with Crippen molar-refractivity contribution in [3.63, 3.8) is 0 Å². The summed E-state index contributed by atoms with van der Waals surface area (Å²) in [5.41, 5.74) is 0. The molecule has 2 aliphatic heterocycles. The maximum Gasteiger partial charge on any atom is 0.226 e. The van der Waals surface area contributed by atoms with Gasteiger partial charge >= 0.3 is 0 Å². The molecule has 1 amide bonds. The van der Waals surface area contributed by atoms with Crippen LogP contribution < -0.4 is 4.74 Å².